The van der Waals surface area contributed by atoms with Crippen LogP contribution in [0.4, 0.5) is 0 Å². The first-order chi connectivity index (χ1) is 16.8. The summed E-state index contributed by atoms with van der Waals surface area (Å²) < 4.78 is 13.0. The Hall–Kier alpha value is -4.37. The third-order valence-electron chi connectivity index (χ3n) is 5.24. The largest absolute Gasteiger partial charge is 0.489 e. The normalized spacial score (nSPS) is 11.2. The Kier molecular flexibility index (Phi) is 5.29. The van der Waals surface area contributed by atoms with Gasteiger partial charge >= 0.3 is 0 Å². The van der Waals surface area contributed by atoms with Crippen molar-refractivity contribution in [3.05, 3.63) is 90.1 Å². The lowest BCUT2D eigenvalue weighted by atomic mass is 10.2. The molecule has 0 saturated carbocycles. The monoisotopic (exact) mass is 466 g/mol. The number of thiazole rings is 1. The van der Waals surface area contributed by atoms with Crippen LogP contribution in [-0.4, -0.2) is 30.6 Å². The Labute approximate surface area is 198 Å². The number of para-hydroxylation sites is 1. The number of ether oxygens (including phenoxy) is 2. The summed E-state index contributed by atoms with van der Waals surface area (Å²) in [5, 5.41) is 15.9. The smallest absolute Gasteiger partial charge is 0.233 e. The summed E-state index contributed by atoms with van der Waals surface area (Å²) in [6.07, 6.45) is 0. The highest BCUT2D eigenvalue weighted by molar-refractivity contribution is 7.21. The van der Waals surface area contributed by atoms with Crippen molar-refractivity contribution >= 4 is 32.5 Å². The summed E-state index contributed by atoms with van der Waals surface area (Å²) in [6.45, 7) is 0.827. The number of aromatic nitrogens is 6. The minimum absolute atomic E-state index is 0.403. The number of H-pyrrole nitrogens is 1. The van der Waals surface area contributed by atoms with Crippen LogP contribution in [0.5, 0.6) is 11.5 Å². The second-order valence-corrected chi connectivity index (χ2v) is 8.63. The van der Waals surface area contributed by atoms with Crippen LogP contribution in [0, 0.1) is 0 Å². The summed E-state index contributed by atoms with van der Waals surface area (Å²) in [5.74, 6) is 2.03. The summed E-state index contributed by atoms with van der Waals surface area (Å²) in [4.78, 5) is 9.21. The maximum atomic E-state index is 6.03. The second-order valence-electron chi connectivity index (χ2n) is 7.60. The number of rotatable bonds is 7. The Morgan fingerprint density at radius 1 is 0.765 bits per heavy atom. The van der Waals surface area contributed by atoms with Crippen molar-refractivity contribution in [1.82, 2.24) is 30.6 Å². The summed E-state index contributed by atoms with van der Waals surface area (Å²) >= 11 is 1.50. The minimum atomic E-state index is 0.403. The maximum Gasteiger partial charge on any atom is 0.233 e. The third-order valence-corrected chi connectivity index (χ3v) is 6.26. The molecule has 6 aromatic rings. The van der Waals surface area contributed by atoms with E-state index < -0.39 is 0 Å². The molecule has 0 fully saturated rings. The highest BCUT2D eigenvalue weighted by Gasteiger charge is 2.11. The molecule has 8 nitrogen and oxygen atoms in total. The Balaban J connectivity index is 1.11. The standard InChI is InChI=1S/C25H18N6O2S/c1-2-7-21-17(5-1)8-9-18(26-21)15-33-19-6-3-4-16(12-19)14-32-20-10-11-22-23(13-20)34-25(27-22)24-28-30-31-29-24/h1-13H,14-15H2,(H,28,29,30,31). The van der Waals surface area contributed by atoms with Gasteiger partial charge in [0.15, 0.2) is 5.01 Å². The van der Waals surface area contributed by atoms with Gasteiger partial charge in [-0.15, -0.1) is 21.5 Å². The predicted octanol–water partition coefficient (Wildman–Crippen LogP) is 5.18. The number of benzene rings is 3. The van der Waals surface area contributed by atoms with Crippen molar-refractivity contribution in [3.63, 3.8) is 0 Å². The van der Waals surface area contributed by atoms with Gasteiger partial charge in [-0.2, -0.15) is 5.21 Å². The van der Waals surface area contributed by atoms with Crippen LogP contribution in [0.25, 0.3) is 32.0 Å². The van der Waals surface area contributed by atoms with Crippen LogP contribution in [0.1, 0.15) is 11.3 Å². The highest BCUT2D eigenvalue weighted by atomic mass is 32.1. The molecular weight excluding hydrogens is 448 g/mol. The molecule has 6 rings (SSSR count). The Morgan fingerprint density at radius 3 is 2.62 bits per heavy atom. The zero-order valence-corrected chi connectivity index (χ0v) is 18.7. The molecule has 166 valence electrons. The first-order valence-corrected chi connectivity index (χ1v) is 11.5. The van der Waals surface area contributed by atoms with Crippen LogP contribution in [-0.2, 0) is 13.2 Å². The average molecular weight is 467 g/mol. The topological polar surface area (TPSA) is 98.7 Å². The number of aromatic amines is 1. The Bertz CT molecular complexity index is 1580. The van der Waals surface area contributed by atoms with Gasteiger partial charge in [0.1, 0.15) is 24.7 Å². The van der Waals surface area contributed by atoms with Crippen molar-refractivity contribution in [2.24, 2.45) is 0 Å². The molecule has 0 aliphatic rings. The van der Waals surface area contributed by atoms with E-state index in [1.807, 2.05) is 66.7 Å². The molecule has 0 atom stereocenters. The van der Waals surface area contributed by atoms with E-state index in [0.29, 0.717) is 24.0 Å². The molecule has 0 aliphatic carbocycles. The SMILES string of the molecule is c1cc(COc2ccc3nc(-c4nn[nH]n4)sc3c2)cc(OCc2ccc3ccccc3n2)c1. The fourth-order valence-corrected chi connectivity index (χ4v) is 4.50. The lowest BCUT2D eigenvalue weighted by Crippen LogP contribution is -2.00. The number of hydrogen-bond donors (Lipinski definition) is 1. The van der Waals surface area contributed by atoms with E-state index in [1.165, 1.54) is 11.3 Å². The van der Waals surface area contributed by atoms with E-state index >= 15 is 0 Å². The third kappa shape index (κ3) is 4.28. The van der Waals surface area contributed by atoms with E-state index in [1.54, 1.807) is 0 Å². The molecule has 0 radical (unpaired) electrons. The number of fused-ring (bicyclic) bond motifs is 2. The van der Waals surface area contributed by atoms with Gasteiger partial charge in [-0.1, -0.05) is 36.4 Å². The molecule has 0 spiro atoms. The van der Waals surface area contributed by atoms with E-state index in [0.717, 1.165) is 43.9 Å². The summed E-state index contributed by atoms with van der Waals surface area (Å²) in [6, 6.07) is 25.8. The molecule has 0 amide bonds. The first-order valence-electron chi connectivity index (χ1n) is 10.6. The molecule has 34 heavy (non-hydrogen) atoms. The maximum absolute atomic E-state index is 6.03. The summed E-state index contributed by atoms with van der Waals surface area (Å²) in [7, 11) is 0. The van der Waals surface area contributed by atoms with E-state index in [2.05, 4.69) is 42.7 Å². The van der Waals surface area contributed by atoms with Gasteiger partial charge in [0.2, 0.25) is 5.82 Å². The molecule has 0 unspecified atom stereocenters. The van der Waals surface area contributed by atoms with Crippen LogP contribution < -0.4 is 9.47 Å². The fraction of sp³-hybridized carbons (Fsp3) is 0.0800. The van der Waals surface area contributed by atoms with Crippen molar-refractivity contribution < 1.29 is 9.47 Å². The lowest BCUT2D eigenvalue weighted by Gasteiger charge is -2.10. The van der Waals surface area contributed by atoms with E-state index in [-0.39, 0.29) is 0 Å². The highest BCUT2D eigenvalue weighted by Crippen LogP contribution is 2.30. The van der Waals surface area contributed by atoms with Gasteiger partial charge in [0, 0.05) is 5.39 Å². The van der Waals surface area contributed by atoms with E-state index in [4.69, 9.17) is 9.47 Å². The number of nitrogens with zero attached hydrogens (tertiary/aromatic N) is 5. The van der Waals surface area contributed by atoms with Gasteiger partial charge in [-0.05, 0) is 53.2 Å². The number of hydrogen-bond acceptors (Lipinski definition) is 8. The zero-order chi connectivity index (χ0) is 22.7. The summed E-state index contributed by atoms with van der Waals surface area (Å²) in [5.41, 5.74) is 3.74. The van der Waals surface area contributed by atoms with Gasteiger partial charge in [0.05, 0.1) is 21.4 Å². The van der Waals surface area contributed by atoms with Gasteiger partial charge < -0.3 is 9.47 Å². The number of pyridine rings is 1. The van der Waals surface area contributed by atoms with Crippen LogP contribution in [0.3, 0.4) is 0 Å². The number of tetrazole rings is 1. The lowest BCUT2D eigenvalue weighted by molar-refractivity contribution is 0.293. The van der Waals surface area contributed by atoms with Crippen molar-refractivity contribution in [2.75, 3.05) is 0 Å². The average Bonchev–Trinajstić information content (AvgIpc) is 3.56. The second kappa shape index (κ2) is 8.87. The predicted molar refractivity (Wildman–Crippen MR) is 130 cm³/mol. The molecule has 1 N–H and O–H groups in total. The number of nitrogens with one attached hydrogen (secondary N) is 1. The molecule has 3 aromatic heterocycles. The van der Waals surface area contributed by atoms with Crippen LogP contribution in [0.15, 0.2) is 78.9 Å². The molecule has 0 aliphatic heterocycles. The fourth-order valence-electron chi connectivity index (χ4n) is 3.58. The minimum Gasteiger partial charge on any atom is -0.489 e. The van der Waals surface area contributed by atoms with Crippen LogP contribution in [0.2, 0.25) is 0 Å². The van der Waals surface area contributed by atoms with Crippen molar-refractivity contribution in [2.45, 2.75) is 13.2 Å². The van der Waals surface area contributed by atoms with Gasteiger partial charge in [-0.25, -0.2) is 9.97 Å². The van der Waals surface area contributed by atoms with Gasteiger partial charge in [0.25, 0.3) is 0 Å². The molecule has 0 bridgehead atoms. The van der Waals surface area contributed by atoms with Crippen LogP contribution >= 0.6 is 11.3 Å². The molecule has 3 heterocycles. The molecular formula is C25H18N6O2S. The quantitative estimate of drug-likeness (QED) is 0.346. The van der Waals surface area contributed by atoms with Crippen molar-refractivity contribution in [3.8, 4) is 22.3 Å². The first kappa shape index (κ1) is 20.3. The zero-order valence-electron chi connectivity index (χ0n) is 17.9. The van der Waals surface area contributed by atoms with E-state index in [9.17, 15) is 0 Å². The molecule has 0 saturated heterocycles. The molecule has 9 heteroatoms. The van der Waals surface area contributed by atoms with Crippen molar-refractivity contribution in [1.29, 1.82) is 0 Å². The van der Waals surface area contributed by atoms with Gasteiger partial charge in [-0.3, -0.25) is 0 Å². The Morgan fingerprint density at radius 2 is 1.68 bits per heavy atom. The molecule has 3 aromatic carbocycles.